The van der Waals surface area contributed by atoms with E-state index in [1.807, 2.05) is 0 Å². The first kappa shape index (κ1) is 17.2. The first-order valence-electron chi connectivity index (χ1n) is 9.02. The Morgan fingerprint density at radius 2 is 1.86 bits per heavy atom. The van der Waals surface area contributed by atoms with Crippen LogP contribution in [0, 0.1) is 5.92 Å². The molecule has 1 spiro atoms. The Morgan fingerprint density at radius 1 is 1.24 bits per heavy atom. The SMILES string of the molecule is CCC(CC)(C(NC)C1CCOC2(CCCC2)C1)N(C)C. The van der Waals surface area contributed by atoms with Crippen molar-refractivity contribution < 1.29 is 4.74 Å². The molecule has 2 fully saturated rings. The second kappa shape index (κ2) is 6.97. The minimum absolute atomic E-state index is 0.220. The second-order valence-corrected chi connectivity index (χ2v) is 7.46. The van der Waals surface area contributed by atoms with Crippen LogP contribution < -0.4 is 5.32 Å². The van der Waals surface area contributed by atoms with E-state index in [1.54, 1.807) is 0 Å². The summed E-state index contributed by atoms with van der Waals surface area (Å²) in [6.07, 6.45) is 10.2. The zero-order valence-electron chi connectivity index (χ0n) is 14.9. The number of nitrogens with zero attached hydrogens (tertiary/aromatic N) is 1. The lowest BCUT2D eigenvalue weighted by Crippen LogP contribution is -2.62. The fraction of sp³-hybridized carbons (Fsp3) is 1.00. The summed E-state index contributed by atoms with van der Waals surface area (Å²) in [4.78, 5) is 2.46. The molecule has 0 bridgehead atoms. The smallest absolute Gasteiger partial charge is 0.0685 e. The Morgan fingerprint density at radius 3 is 2.33 bits per heavy atom. The lowest BCUT2D eigenvalue weighted by atomic mass is 9.71. The monoisotopic (exact) mass is 296 g/mol. The minimum Gasteiger partial charge on any atom is -0.375 e. The lowest BCUT2D eigenvalue weighted by molar-refractivity contribution is -0.108. The maximum atomic E-state index is 6.25. The van der Waals surface area contributed by atoms with Crippen molar-refractivity contribution >= 4 is 0 Å². The molecule has 1 aliphatic heterocycles. The number of likely N-dealkylation sites (N-methyl/N-ethyl adjacent to an activating group) is 2. The predicted octanol–water partition coefficient (Wildman–Crippen LogP) is 3.43. The number of rotatable bonds is 6. The van der Waals surface area contributed by atoms with Crippen molar-refractivity contribution in [1.29, 1.82) is 0 Å². The predicted molar refractivity (Wildman–Crippen MR) is 89.7 cm³/mol. The van der Waals surface area contributed by atoms with E-state index in [1.165, 1.54) is 51.4 Å². The summed E-state index contributed by atoms with van der Waals surface area (Å²) in [5.41, 5.74) is 0.480. The van der Waals surface area contributed by atoms with Gasteiger partial charge < -0.3 is 15.0 Å². The van der Waals surface area contributed by atoms with Gasteiger partial charge in [-0.2, -0.15) is 0 Å². The molecule has 3 nitrogen and oxygen atoms in total. The molecule has 0 amide bonds. The second-order valence-electron chi connectivity index (χ2n) is 7.46. The summed E-state index contributed by atoms with van der Waals surface area (Å²) in [7, 11) is 6.66. The van der Waals surface area contributed by atoms with Crippen molar-refractivity contribution in [3.63, 3.8) is 0 Å². The van der Waals surface area contributed by atoms with Crippen LogP contribution in [0.25, 0.3) is 0 Å². The standard InChI is InChI=1S/C18H36N2O/c1-6-18(7-2,20(4)5)16(19-3)15-10-13-21-17(14-15)11-8-9-12-17/h15-16,19H,6-14H2,1-5H3. The molecule has 2 unspecified atom stereocenters. The van der Waals surface area contributed by atoms with E-state index >= 15 is 0 Å². The van der Waals surface area contributed by atoms with Crippen molar-refractivity contribution in [3.05, 3.63) is 0 Å². The normalized spacial score (nSPS) is 27.4. The summed E-state index contributed by atoms with van der Waals surface area (Å²) in [5.74, 6) is 0.740. The summed E-state index contributed by atoms with van der Waals surface area (Å²) in [5, 5.41) is 3.71. The van der Waals surface area contributed by atoms with Gasteiger partial charge in [-0.05, 0) is 65.6 Å². The van der Waals surface area contributed by atoms with Gasteiger partial charge in [0.1, 0.15) is 0 Å². The summed E-state index contributed by atoms with van der Waals surface area (Å²) in [6, 6.07) is 0.559. The van der Waals surface area contributed by atoms with E-state index in [0.717, 1.165) is 12.5 Å². The molecule has 3 heteroatoms. The van der Waals surface area contributed by atoms with Gasteiger partial charge in [-0.15, -0.1) is 0 Å². The molecular formula is C18H36N2O. The van der Waals surface area contributed by atoms with Crippen LogP contribution in [-0.4, -0.2) is 49.8 Å². The molecule has 0 aromatic rings. The summed E-state index contributed by atoms with van der Waals surface area (Å²) < 4.78 is 6.25. The van der Waals surface area contributed by atoms with Crippen LogP contribution in [0.5, 0.6) is 0 Å². The van der Waals surface area contributed by atoms with Gasteiger partial charge in [0.25, 0.3) is 0 Å². The van der Waals surface area contributed by atoms with Crippen LogP contribution in [0.2, 0.25) is 0 Å². The number of hydrogen-bond donors (Lipinski definition) is 1. The molecule has 0 aromatic heterocycles. The molecular weight excluding hydrogens is 260 g/mol. The third kappa shape index (κ3) is 3.16. The van der Waals surface area contributed by atoms with Gasteiger partial charge >= 0.3 is 0 Å². The van der Waals surface area contributed by atoms with Crippen LogP contribution in [0.4, 0.5) is 0 Å². The lowest BCUT2D eigenvalue weighted by Gasteiger charge is -2.51. The number of hydrogen-bond acceptors (Lipinski definition) is 3. The van der Waals surface area contributed by atoms with Gasteiger partial charge in [0, 0.05) is 18.2 Å². The molecule has 2 atom stereocenters. The fourth-order valence-corrected chi connectivity index (χ4v) is 5.26. The Labute approximate surface area is 131 Å². The Bertz CT molecular complexity index is 319. The summed E-state index contributed by atoms with van der Waals surface area (Å²) in [6.45, 7) is 5.65. The molecule has 1 N–H and O–H groups in total. The van der Waals surface area contributed by atoms with Crippen LogP contribution in [0.1, 0.15) is 65.2 Å². The number of nitrogens with one attached hydrogen (secondary N) is 1. The molecule has 1 aliphatic carbocycles. The molecule has 1 saturated heterocycles. The van der Waals surface area contributed by atoms with Crippen LogP contribution in [-0.2, 0) is 4.74 Å². The van der Waals surface area contributed by atoms with E-state index < -0.39 is 0 Å². The van der Waals surface area contributed by atoms with Crippen molar-refractivity contribution in [2.24, 2.45) is 5.92 Å². The Balaban J connectivity index is 2.19. The number of ether oxygens (including phenoxy) is 1. The van der Waals surface area contributed by atoms with E-state index in [2.05, 4.69) is 45.2 Å². The van der Waals surface area contributed by atoms with Gasteiger partial charge in [0.05, 0.1) is 5.60 Å². The highest BCUT2D eigenvalue weighted by molar-refractivity contribution is 5.03. The van der Waals surface area contributed by atoms with Gasteiger partial charge in [-0.3, -0.25) is 0 Å². The van der Waals surface area contributed by atoms with Crippen LogP contribution in [0.3, 0.4) is 0 Å². The molecule has 2 aliphatic rings. The molecule has 0 aromatic carbocycles. The van der Waals surface area contributed by atoms with E-state index in [4.69, 9.17) is 4.74 Å². The minimum atomic E-state index is 0.220. The molecule has 1 heterocycles. The highest BCUT2D eigenvalue weighted by Crippen LogP contribution is 2.45. The fourth-order valence-electron chi connectivity index (χ4n) is 5.26. The Kier molecular flexibility index (Phi) is 5.72. The third-order valence-electron chi connectivity index (χ3n) is 6.52. The van der Waals surface area contributed by atoms with Crippen molar-refractivity contribution in [2.45, 2.75) is 82.4 Å². The molecule has 21 heavy (non-hydrogen) atoms. The van der Waals surface area contributed by atoms with Crippen molar-refractivity contribution in [1.82, 2.24) is 10.2 Å². The average Bonchev–Trinajstić information content (AvgIpc) is 2.92. The molecule has 1 saturated carbocycles. The van der Waals surface area contributed by atoms with Crippen LogP contribution in [0.15, 0.2) is 0 Å². The van der Waals surface area contributed by atoms with Crippen molar-refractivity contribution in [2.75, 3.05) is 27.7 Å². The Hall–Kier alpha value is -0.120. The maximum absolute atomic E-state index is 6.25. The van der Waals surface area contributed by atoms with Crippen molar-refractivity contribution in [3.8, 4) is 0 Å². The zero-order valence-corrected chi connectivity index (χ0v) is 14.9. The first-order chi connectivity index (χ1) is 10.0. The van der Waals surface area contributed by atoms with E-state index in [0.29, 0.717) is 6.04 Å². The first-order valence-corrected chi connectivity index (χ1v) is 9.02. The van der Waals surface area contributed by atoms with E-state index in [9.17, 15) is 0 Å². The highest BCUT2D eigenvalue weighted by atomic mass is 16.5. The van der Waals surface area contributed by atoms with Gasteiger partial charge in [-0.25, -0.2) is 0 Å². The van der Waals surface area contributed by atoms with Gasteiger partial charge in [0.2, 0.25) is 0 Å². The molecule has 0 radical (unpaired) electrons. The largest absolute Gasteiger partial charge is 0.375 e. The summed E-state index contributed by atoms with van der Waals surface area (Å²) >= 11 is 0. The van der Waals surface area contributed by atoms with Crippen LogP contribution >= 0.6 is 0 Å². The quantitative estimate of drug-likeness (QED) is 0.812. The topological polar surface area (TPSA) is 24.5 Å². The maximum Gasteiger partial charge on any atom is 0.0685 e. The van der Waals surface area contributed by atoms with Gasteiger partial charge in [-0.1, -0.05) is 26.7 Å². The van der Waals surface area contributed by atoms with Gasteiger partial charge in [0.15, 0.2) is 0 Å². The average molecular weight is 296 g/mol. The molecule has 2 rings (SSSR count). The zero-order chi connectivity index (χ0) is 15.5. The third-order valence-corrected chi connectivity index (χ3v) is 6.52. The van der Waals surface area contributed by atoms with E-state index in [-0.39, 0.29) is 11.1 Å². The molecule has 124 valence electrons. The highest BCUT2D eigenvalue weighted by Gasteiger charge is 2.47.